The molecular formula is C21H22N4O3. The normalized spacial score (nSPS) is 13.5. The lowest BCUT2D eigenvalue weighted by Gasteiger charge is -2.36. The minimum Gasteiger partial charge on any atom is -0.484 e. The van der Waals surface area contributed by atoms with E-state index in [9.17, 15) is 9.59 Å². The van der Waals surface area contributed by atoms with E-state index in [0.717, 1.165) is 18.8 Å². The molecule has 2 amide bonds. The molecule has 0 aromatic heterocycles. The zero-order chi connectivity index (χ0) is 19.8. The van der Waals surface area contributed by atoms with Crippen molar-refractivity contribution >= 4 is 17.5 Å². The Balaban J connectivity index is 1.37. The maximum atomic E-state index is 12.3. The van der Waals surface area contributed by atoms with Gasteiger partial charge >= 0.3 is 0 Å². The second kappa shape index (κ2) is 9.42. The molecule has 0 saturated carbocycles. The largest absolute Gasteiger partial charge is 0.484 e. The number of anilines is 1. The van der Waals surface area contributed by atoms with E-state index in [0.29, 0.717) is 24.4 Å². The maximum absolute atomic E-state index is 12.3. The molecule has 1 aliphatic rings. The third-order valence-electron chi connectivity index (χ3n) is 4.54. The summed E-state index contributed by atoms with van der Waals surface area (Å²) >= 11 is 0. The molecule has 2 aromatic carbocycles. The number of amides is 2. The number of piperazine rings is 1. The molecule has 28 heavy (non-hydrogen) atoms. The van der Waals surface area contributed by atoms with Crippen LogP contribution in [0.4, 0.5) is 5.69 Å². The molecule has 2 aromatic rings. The number of nitriles is 1. The minimum atomic E-state index is -0.361. The standard InChI is InChI=1S/C21H22N4O3/c22-14-17-6-8-19(9-7-17)28-16-20(26)23-15-21(27)25-12-10-24(11-13-25)18-4-2-1-3-5-18/h1-9H,10-13,15-16H2,(H,23,26). The van der Waals surface area contributed by atoms with E-state index in [2.05, 4.69) is 22.3 Å². The van der Waals surface area contributed by atoms with Crippen LogP contribution in [-0.2, 0) is 9.59 Å². The Morgan fingerprint density at radius 2 is 1.68 bits per heavy atom. The highest BCUT2D eigenvalue weighted by molar-refractivity contribution is 5.85. The molecule has 3 rings (SSSR count). The number of hydrogen-bond donors (Lipinski definition) is 1. The van der Waals surface area contributed by atoms with Crippen LogP contribution in [0.1, 0.15) is 5.56 Å². The highest BCUT2D eigenvalue weighted by Gasteiger charge is 2.21. The first-order chi connectivity index (χ1) is 13.7. The quantitative estimate of drug-likeness (QED) is 0.821. The fourth-order valence-corrected chi connectivity index (χ4v) is 2.96. The van der Waals surface area contributed by atoms with Crippen LogP contribution in [0.25, 0.3) is 0 Å². The molecule has 1 N–H and O–H groups in total. The van der Waals surface area contributed by atoms with Crippen molar-refractivity contribution in [1.29, 1.82) is 5.26 Å². The van der Waals surface area contributed by atoms with Gasteiger partial charge in [-0.15, -0.1) is 0 Å². The molecule has 0 unspecified atom stereocenters. The summed E-state index contributed by atoms with van der Waals surface area (Å²) in [6.07, 6.45) is 0. The Morgan fingerprint density at radius 3 is 2.32 bits per heavy atom. The van der Waals surface area contributed by atoms with Gasteiger partial charge in [0.15, 0.2) is 6.61 Å². The van der Waals surface area contributed by atoms with Crippen molar-refractivity contribution in [1.82, 2.24) is 10.2 Å². The smallest absolute Gasteiger partial charge is 0.258 e. The Morgan fingerprint density at radius 1 is 1.00 bits per heavy atom. The van der Waals surface area contributed by atoms with Crippen LogP contribution < -0.4 is 15.0 Å². The summed E-state index contributed by atoms with van der Waals surface area (Å²) in [5.74, 6) is 0.0394. The number of nitrogens with one attached hydrogen (secondary N) is 1. The predicted molar refractivity (Wildman–Crippen MR) is 105 cm³/mol. The van der Waals surface area contributed by atoms with Gasteiger partial charge in [0.2, 0.25) is 5.91 Å². The van der Waals surface area contributed by atoms with Gasteiger partial charge in [-0.2, -0.15) is 5.26 Å². The Kier molecular flexibility index (Phi) is 6.47. The molecule has 7 heteroatoms. The van der Waals surface area contributed by atoms with E-state index in [1.54, 1.807) is 29.2 Å². The Bertz CT molecular complexity index is 838. The fourth-order valence-electron chi connectivity index (χ4n) is 2.96. The zero-order valence-corrected chi connectivity index (χ0v) is 15.5. The van der Waals surface area contributed by atoms with Crippen LogP contribution in [0.3, 0.4) is 0 Å². The predicted octanol–water partition coefficient (Wildman–Crippen LogP) is 1.40. The summed E-state index contributed by atoms with van der Waals surface area (Å²) in [5, 5.41) is 11.3. The number of ether oxygens (including phenoxy) is 1. The molecule has 7 nitrogen and oxygen atoms in total. The van der Waals surface area contributed by atoms with Crippen LogP contribution in [-0.4, -0.2) is 56.0 Å². The molecule has 0 spiro atoms. The third-order valence-corrected chi connectivity index (χ3v) is 4.54. The van der Waals surface area contributed by atoms with Crippen molar-refractivity contribution < 1.29 is 14.3 Å². The lowest BCUT2D eigenvalue weighted by Crippen LogP contribution is -2.51. The van der Waals surface area contributed by atoms with Gasteiger partial charge in [0.05, 0.1) is 18.2 Å². The van der Waals surface area contributed by atoms with Crippen LogP contribution in [0.5, 0.6) is 5.75 Å². The summed E-state index contributed by atoms with van der Waals surface area (Å²) in [4.78, 5) is 28.2. The average molecular weight is 378 g/mol. The van der Waals surface area contributed by atoms with Gasteiger partial charge < -0.3 is 19.9 Å². The van der Waals surface area contributed by atoms with E-state index in [1.807, 2.05) is 24.3 Å². The lowest BCUT2D eigenvalue weighted by molar-refractivity contribution is -0.133. The number of rotatable bonds is 6. The lowest BCUT2D eigenvalue weighted by atomic mass is 10.2. The topological polar surface area (TPSA) is 85.7 Å². The minimum absolute atomic E-state index is 0.0408. The van der Waals surface area contributed by atoms with Crippen LogP contribution in [0.15, 0.2) is 54.6 Å². The molecular weight excluding hydrogens is 356 g/mol. The molecule has 1 saturated heterocycles. The van der Waals surface area contributed by atoms with Gasteiger partial charge in [0.1, 0.15) is 5.75 Å². The molecule has 1 heterocycles. The van der Waals surface area contributed by atoms with Crippen molar-refractivity contribution in [2.45, 2.75) is 0 Å². The van der Waals surface area contributed by atoms with Crippen molar-refractivity contribution in [3.8, 4) is 11.8 Å². The molecule has 0 aliphatic carbocycles. The summed E-state index contributed by atoms with van der Waals surface area (Å²) in [6, 6.07) is 18.6. The summed E-state index contributed by atoms with van der Waals surface area (Å²) in [6.45, 7) is 2.58. The van der Waals surface area contributed by atoms with Gasteiger partial charge in [-0.1, -0.05) is 18.2 Å². The maximum Gasteiger partial charge on any atom is 0.258 e. The number of carbonyl (C=O) groups is 2. The zero-order valence-electron chi connectivity index (χ0n) is 15.5. The number of carbonyl (C=O) groups excluding carboxylic acids is 2. The Labute approximate surface area is 164 Å². The van der Waals surface area contributed by atoms with Crippen LogP contribution >= 0.6 is 0 Å². The first-order valence-corrected chi connectivity index (χ1v) is 9.13. The van der Waals surface area contributed by atoms with E-state index >= 15 is 0 Å². The molecule has 1 fully saturated rings. The summed E-state index contributed by atoms with van der Waals surface area (Å²) in [5.41, 5.74) is 1.68. The Hall–Kier alpha value is -3.53. The van der Waals surface area contributed by atoms with Gasteiger partial charge in [0.25, 0.3) is 5.91 Å². The van der Waals surface area contributed by atoms with Gasteiger partial charge in [-0.3, -0.25) is 9.59 Å². The first-order valence-electron chi connectivity index (χ1n) is 9.13. The number of benzene rings is 2. The van der Waals surface area contributed by atoms with Crippen molar-refractivity contribution in [3.05, 3.63) is 60.2 Å². The van der Waals surface area contributed by atoms with Gasteiger partial charge in [-0.05, 0) is 36.4 Å². The summed E-state index contributed by atoms with van der Waals surface area (Å²) < 4.78 is 5.36. The van der Waals surface area contributed by atoms with Crippen molar-refractivity contribution in [2.75, 3.05) is 44.2 Å². The van der Waals surface area contributed by atoms with Gasteiger partial charge in [-0.25, -0.2) is 0 Å². The average Bonchev–Trinajstić information content (AvgIpc) is 2.77. The van der Waals surface area contributed by atoms with E-state index in [-0.39, 0.29) is 25.0 Å². The van der Waals surface area contributed by atoms with Crippen LogP contribution in [0.2, 0.25) is 0 Å². The number of para-hydroxylation sites is 1. The highest BCUT2D eigenvalue weighted by atomic mass is 16.5. The van der Waals surface area contributed by atoms with Gasteiger partial charge in [0, 0.05) is 31.9 Å². The number of nitrogens with zero attached hydrogens (tertiary/aromatic N) is 3. The van der Waals surface area contributed by atoms with E-state index in [1.165, 1.54) is 0 Å². The second-order valence-electron chi connectivity index (χ2n) is 6.40. The second-order valence-corrected chi connectivity index (χ2v) is 6.40. The van der Waals surface area contributed by atoms with E-state index < -0.39 is 0 Å². The molecule has 0 atom stereocenters. The third kappa shape index (κ3) is 5.24. The fraction of sp³-hybridized carbons (Fsp3) is 0.286. The highest BCUT2D eigenvalue weighted by Crippen LogP contribution is 2.15. The monoisotopic (exact) mass is 378 g/mol. The molecule has 0 radical (unpaired) electrons. The SMILES string of the molecule is N#Cc1ccc(OCC(=O)NCC(=O)N2CCN(c3ccccc3)CC2)cc1. The summed E-state index contributed by atoms with van der Waals surface area (Å²) in [7, 11) is 0. The van der Waals surface area contributed by atoms with Crippen molar-refractivity contribution in [3.63, 3.8) is 0 Å². The van der Waals surface area contributed by atoms with E-state index in [4.69, 9.17) is 10.00 Å². The van der Waals surface area contributed by atoms with Crippen molar-refractivity contribution in [2.24, 2.45) is 0 Å². The molecule has 144 valence electrons. The first kappa shape index (κ1) is 19.2. The molecule has 0 bridgehead atoms. The van der Waals surface area contributed by atoms with Crippen LogP contribution in [0, 0.1) is 11.3 Å². The number of hydrogen-bond acceptors (Lipinski definition) is 5. The molecule has 1 aliphatic heterocycles.